The summed E-state index contributed by atoms with van der Waals surface area (Å²) in [7, 11) is -1.73. The zero-order chi connectivity index (χ0) is 15.6. The average Bonchev–Trinajstić information content (AvgIpc) is 2.79. The van der Waals surface area contributed by atoms with E-state index in [1.165, 1.54) is 11.3 Å². The largest absolute Gasteiger partial charge is 0.313 e. The van der Waals surface area contributed by atoms with Crippen LogP contribution in [-0.2, 0) is 10.0 Å². The second-order valence-electron chi connectivity index (χ2n) is 4.73. The van der Waals surface area contributed by atoms with Gasteiger partial charge in [0.05, 0.1) is 9.47 Å². The number of halogens is 1. The van der Waals surface area contributed by atoms with E-state index in [0.29, 0.717) is 9.90 Å². The van der Waals surface area contributed by atoms with Crippen LogP contribution in [0.5, 0.6) is 0 Å². The molecule has 0 fully saturated rings. The monoisotopic (exact) mass is 388 g/mol. The fourth-order valence-corrected chi connectivity index (χ4v) is 5.20. The summed E-state index contributed by atoms with van der Waals surface area (Å²) < 4.78 is 28.8. The maximum absolute atomic E-state index is 12.5. The summed E-state index contributed by atoms with van der Waals surface area (Å²) in [5.41, 5.74) is 2.43. The van der Waals surface area contributed by atoms with Crippen LogP contribution >= 0.6 is 27.3 Å². The fourth-order valence-electron chi connectivity index (χ4n) is 1.88. The van der Waals surface area contributed by atoms with Crippen molar-refractivity contribution in [3.8, 4) is 0 Å². The van der Waals surface area contributed by atoms with Crippen LogP contribution in [0.4, 0.5) is 5.69 Å². The second-order valence-corrected chi connectivity index (χ2v) is 9.00. The standard InChI is InChI=1S/C14H17BrN2O2S2/c1-9-8-13(20-14(9)15)21(18,19)17-12-7-5-4-6-11(12)10(2)16-3/h4-8,10,16-17H,1-3H3. The fraction of sp³-hybridized carbons (Fsp3) is 0.286. The number of benzene rings is 1. The van der Waals surface area contributed by atoms with E-state index in [1.54, 1.807) is 12.1 Å². The van der Waals surface area contributed by atoms with Crippen molar-refractivity contribution in [2.75, 3.05) is 11.8 Å². The van der Waals surface area contributed by atoms with E-state index in [0.717, 1.165) is 14.9 Å². The lowest BCUT2D eigenvalue weighted by Crippen LogP contribution is -2.17. The molecule has 7 heteroatoms. The van der Waals surface area contributed by atoms with Gasteiger partial charge in [0.1, 0.15) is 4.21 Å². The quantitative estimate of drug-likeness (QED) is 0.816. The SMILES string of the molecule is CNC(C)c1ccccc1NS(=O)(=O)c1cc(C)c(Br)s1. The van der Waals surface area contributed by atoms with Crippen LogP contribution in [-0.4, -0.2) is 15.5 Å². The van der Waals surface area contributed by atoms with Crippen LogP contribution in [0.3, 0.4) is 0 Å². The van der Waals surface area contributed by atoms with Crippen LogP contribution in [0.1, 0.15) is 24.1 Å². The van der Waals surface area contributed by atoms with Gasteiger partial charge in [-0.2, -0.15) is 0 Å². The first-order chi connectivity index (χ1) is 9.85. The molecular weight excluding hydrogens is 372 g/mol. The summed E-state index contributed by atoms with van der Waals surface area (Å²) in [5.74, 6) is 0. The number of para-hydroxylation sites is 1. The maximum atomic E-state index is 12.5. The number of anilines is 1. The molecule has 0 spiro atoms. The molecule has 0 bridgehead atoms. The summed E-state index contributed by atoms with van der Waals surface area (Å²) in [6.45, 7) is 3.86. The Labute approximate surface area is 137 Å². The molecule has 4 nitrogen and oxygen atoms in total. The number of aryl methyl sites for hydroxylation is 1. The molecule has 2 N–H and O–H groups in total. The molecule has 114 valence electrons. The minimum absolute atomic E-state index is 0.0562. The lowest BCUT2D eigenvalue weighted by Gasteiger charge is -2.16. The van der Waals surface area contributed by atoms with Gasteiger partial charge in [-0.1, -0.05) is 18.2 Å². The van der Waals surface area contributed by atoms with E-state index in [4.69, 9.17) is 0 Å². The predicted octanol–water partition coefficient (Wildman–Crippen LogP) is 3.90. The molecule has 0 radical (unpaired) electrons. The summed E-state index contributed by atoms with van der Waals surface area (Å²) in [6.07, 6.45) is 0. The number of hydrogen-bond donors (Lipinski definition) is 2. The van der Waals surface area contributed by atoms with Gasteiger partial charge in [-0.3, -0.25) is 4.72 Å². The lowest BCUT2D eigenvalue weighted by atomic mass is 10.1. The Balaban J connectivity index is 2.37. The van der Waals surface area contributed by atoms with Crippen molar-refractivity contribution in [2.24, 2.45) is 0 Å². The number of hydrogen-bond acceptors (Lipinski definition) is 4. The molecule has 1 atom stereocenters. The van der Waals surface area contributed by atoms with Crippen molar-refractivity contribution < 1.29 is 8.42 Å². The number of nitrogens with one attached hydrogen (secondary N) is 2. The highest BCUT2D eigenvalue weighted by molar-refractivity contribution is 9.11. The van der Waals surface area contributed by atoms with Gasteiger partial charge in [0, 0.05) is 6.04 Å². The topological polar surface area (TPSA) is 58.2 Å². The highest BCUT2D eigenvalue weighted by Gasteiger charge is 2.20. The van der Waals surface area contributed by atoms with E-state index in [-0.39, 0.29) is 6.04 Å². The van der Waals surface area contributed by atoms with Crippen molar-refractivity contribution in [1.29, 1.82) is 0 Å². The van der Waals surface area contributed by atoms with Gasteiger partial charge >= 0.3 is 0 Å². The molecular formula is C14H17BrN2O2S2. The summed E-state index contributed by atoms with van der Waals surface area (Å²) in [5, 5.41) is 3.12. The Hall–Kier alpha value is -0.890. The van der Waals surface area contributed by atoms with E-state index < -0.39 is 10.0 Å². The van der Waals surface area contributed by atoms with E-state index in [1.807, 2.05) is 39.1 Å². The molecule has 1 aromatic heterocycles. The van der Waals surface area contributed by atoms with Crippen LogP contribution in [0.15, 0.2) is 38.3 Å². The summed E-state index contributed by atoms with van der Waals surface area (Å²) in [6, 6.07) is 9.12. The van der Waals surface area contributed by atoms with Gasteiger partial charge in [0.25, 0.3) is 10.0 Å². The number of rotatable bonds is 5. The van der Waals surface area contributed by atoms with Gasteiger partial charge in [0.15, 0.2) is 0 Å². The van der Waals surface area contributed by atoms with Crippen molar-refractivity contribution in [2.45, 2.75) is 24.1 Å². The highest BCUT2D eigenvalue weighted by Crippen LogP contribution is 2.32. The molecule has 0 aliphatic carbocycles. The van der Waals surface area contributed by atoms with E-state index in [9.17, 15) is 8.42 Å². The molecule has 1 aromatic carbocycles. The number of sulfonamides is 1. The van der Waals surface area contributed by atoms with Crippen LogP contribution in [0, 0.1) is 6.92 Å². The molecule has 0 saturated carbocycles. The van der Waals surface area contributed by atoms with Crippen molar-refractivity contribution in [1.82, 2.24) is 5.32 Å². The zero-order valence-corrected chi connectivity index (χ0v) is 15.2. The third-order valence-electron chi connectivity index (χ3n) is 3.20. The van der Waals surface area contributed by atoms with Gasteiger partial charge in [-0.05, 0) is 60.1 Å². The minimum atomic E-state index is -3.57. The first-order valence-corrected chi connectivity index (χ1v) is 9.49. The molecule has 0 aliphatic heterocycles. The maximum Gasteiger partial charge on any atom is 0.271 e. The Morgan fingerprint density at radius 3 is 2.52 bits per heavy atom. The lowest BCUT2D eigenvalue weighted by molar-refractivity contribution is 0.602. The van der Waals surface area contributed by atoms with Crippen LogP contribution in [0.2, 0.25) is 0 Å². The number of thiophene rings is 1. The normalized spacial score (nSPS) is 13.1. The summed E-state index contributed by atoms with van der Waals surface area (Å²) >= 11 is 4.57. The van der Waals surface area contributed by atoms with Crippen molar-refractivity contribution >= 4 is 43.0 Å². The molecule has 2 aromatic rings. The minimum Gasteiger partial charge on any atom is -0.313 e. The smallest absolute Gasteiger partial charge is 0.271 e. The van der Waals surface area contributed by atoms with E-state index in [2.05, 4.69) is 26.0 Å². The van der Waals surface area contributed by atoms with Crippen molar-refractivity contribution in [3.63, 3.8) is 0 Å². The molecule has 0 aliphatic rings. The third kappa shape index (κ3) is 3.66. The Bertz CT molecular complexity index is 722. The van der Waals surface area contributed by atoms with Gasteiger partial charge in [0.2, 0.25) is 0 Å². The van der Waals surface area contributed by atoms with Crippen LogP contribution < -0.4 is 10.0 Å². The molecule has 2 rings (SSSR count). The molecule has 21 heavy (non-hydrogen) atoms. The highest BCUT2D eigenvalue weighted by atomic mass is 79.9. The molecule has 0 saturated heterocycles. The second kappa shape index (κ2) is 6.48. The molecule has 1 heterocycles. The molecule has 0 amide bonds. The predicted molar refractivity (Wildman–Crippen MR) is 91.5 cm³/mol. The van der Waals surface area contributed by atoms with E-state index >= 15 is 0 Å². The van der Waals surface area contributed by atoms with Crippen LogP contribution in [0.25, 0.3) is 0 Å². The summed E-state index contributed by atoms with van der Waals surface area (Å²) in [4.78, 5) is 0. The van der Waals surface area contributed by atoms with Crippen molar-refractivity contribution in [3.05, 3.63) is 45.2 Å². The third-order valence-corrected chi connectivity index (χ3v) is 7.18. The Morgan fingerprint density at radius 2 is 1.95 bits per heavy atom. The first kappa shape index (κ1) is 16.5. The average molecular weight is 389 g/mol. The van der Waals surface area contributed by atoms with Gasteiger partial charge in [-0.15, -0.1) is 11.3 Å². The Kier molecular flexibility index (Phi) is 5.08. The van der Waals surface area contributed by atoms with Gasteiger partial charge in [-0.25, -0.2) is 8.42 Å². The zero-order valence-electron chi connectivity index (χ0n) is 12.0. The van der Waals surface area contributed by atoms with Gasteiger partial charge < -0.3 is 5.32 Å². The first-order valence-electron chi connectivity index (χ1n) is 6.40. The molecule has 1 unspecified atom stereocenters. The Morgan fingerprint density at radius 1 is 1.29 bits per heavy atom.